The van der Waals surface area contributed by atoms with Crippen LogP contribution < -0.4 is 4.90 Å². The molecule has 2 saturated heterocycles. The molecule has 2 aromatic heterocycles. The van der Waals surface area contributed by atoms with Crippen LogP contribution in [0.2, 0.25) is 0 Å². The monoisotopic (exact) mass is 445 g/mol. The van der Waals surface area contributed by atoms with Crippen molar-refractivity contribution in [3.05, 3.63) is 59.7 Å². The number of fused-ring (bicyclic) bond motifs is 1. The van der Waals surface area contributed by atoms with E-state index in [2.05, 4.69) is 38.1 Å². The third kappa shape index (κ3) is 4.98. The summed E-state index contributed by atoms with van der Waals surface area (Å²) in [5.41, 5.74) is 2.56. The highest BCUT2D eigenvalue weighted by atomic mass is 16.5. The predicted molar refractivity (Wildman–Crippen MR) is 128 cm³/mol. The van der Waals surface area contributed by atoms with Gasteiger partial charge < -0.3 is 14.5 Å². The van der Waals surface area contributed by atoms with Gasteiger partial charge in [-0.3, -0.25) is 9.78 Å². The maximum absolute atomic E-state index is 13.5. The number of piperidine rings is 1. The number of rotatable bonds is 4. The Balaban J connectivity index is 1.34. The summed E-state index contributed by atoms with van der Waals surface area (Å²) in [4.78, 5) is 31.2. The maximum Gasteiger partial charge on any atom is 0.272 e. The fourth-order valence-corrected chi connectivity index (χ4v) is 4.91. The van der Waals surface area contributed by atoms with Gasteiger partial charge >= 0.3 is 0 Å². The molecule has 2 aliphatic heterocycles. The van der Waals surface area contributed by atoms with Gasteiger partial charge in [-0.25, -0.2) is 9.97 Å². The summed E-state index contributed by atoms with van der Waals surface area (Å²) in [6, 6.07) is 10.2. The lowest BCUT2D eigenvalue weighted by molar-refractivity contribution is 0.0731. The molecule has 1 amide bonds. The first-order chi connectivity index (χ1) is 16.2. The van der Waals surface area contributed by atoms with Gasteiger partial charge in [-0.05, 0) is 55.7 Å². The van der Waals surface area contributed by atoms with Crippen LogP contribution in [-0.4, -0.2) is 65.2 Å². The summed E-state index contributed by atoms with van der Waals surface area (Å²) < 4.78 is 5.90. The van der Waals surface area contributed by atoms with E-state index in [1.807, 2.05) is 36.4 Å². The lowest BCUT2D eigenvalue weighted by atomic mass is 9.96. The van der Waals surface area contributed by atoms with E-state index in [0.717, 1.165) is 38.0 Å². The van der Waals surface area contributed by atoms with Crippen molar-refractivity contribution in [2.24, 2.45) is 5.92 Å². The van der Waals surface area contributed by atoms with E-state index in [9.17, 15) is 4.79 Å². The highest BCUT2D eigenvalue weighted by Crippen LogP contribution is 2.23. The van der Waals surface area contributed by atoms with Crippen LogP contribution in [0.4, 0.5) is 5.95 Å². The Kier molecular flexibility index (Phi) is 6.48. The zero-order valence-electron chi connectivity index (χ0n) is 19.2. The summed E-state index contributed by atoms with van der Waals surface area (Å²) in [7, 11) is 0. The molecule has 0 N–H and O–H groups in total. The molecule has 172 valence electrons. The Bertz CT molecular complexity index is 1120. The first kappa shape index (κ1) is 21.8. The molecule has 2 fully saturated rings. The average Bonchev–Trinajstić information content (AvgIpc) is 3.09. The molecule has 1 aromatic carbocycles. The lowest BCUT2D eigenvalue weighted by Crippen LogP contribution is -2.37. The number of pyridine rings is 1. The van der Waals surface area contributed by atoms with Gasteiger partial charge in [0.2, 0.25) is 5.95 Å². The largest absolute Gasteiger partial charge is 0.379 e. The van der Waals surface area contributed by atoms with Gasteiger partial charge in [0, 0.05) is 55.6 Å². The summed E-state index contributed by atoms with van der Waals surface area (Å²) in [5, 5.41) is 2.35. The number of amides is 1. The number of carbonyl (C=O) groups excluding carboxylic acids is 1. The normalized spacial score (nSPS) is 19.5. The van der Waals surface area contributed by atoms with Crippen LogP contribution in [0, 0.1) is 12.8 Å². The minimum Gasteiger partial charge on any atom is -0.379 e. The van der Waals surface area contributed by atoms with Crippen molar-refractivity contribution in [3.8, 4) is 0 Å². The van der Waals surface area contributed by atoms with E-state index < -0.39 is 0 Å². The van der Waals surface area contributed by atoms with Crippen LogP contribution in [0.1, 0.15) is 41.0 Å². The van der Waals surface area contributed by atoms with Gasteiger partial charge in [-0.1, -0.05) is 18.2 Å². The van der Waals surface area contributed by atoms with Crippen LogP contribution in [0.25, 0.3) is 10.8 Å². The zero-order chi connectivity index (χ0) is 22.6. The van der Waals surface area contributed by atoms with Crippen LogP contribution in [-0.2, 0) is 11.2 Å². The van der Waals surface area contributed by atoms with Crippen molar-refractivity contribution in [2.45, 2.75) is 32.6 Å². The Hall–Kier alpha value is -3.06. The summed E-state index contributed by atoms with van der Waals surface area (Å²) in [6.07, 6.45) is 8.13. The van der Waals surface area contributed by atoms with Gasteiger partial charge in [-0.2, -0.15) is 0 Å². The predicted octanol–water partition coefficient (Wildman–Crippen LogP) is 3.65. The maximum atomic E-state index is 13.5. The van der Waals surface area contributed by atoms with Gasteiger partial charge in [0.25, 0.3) is 5.91 Å². The second kappa shape index (κ2) is 9.83. The van der Waals surface area contributed by atoms with Crippen molar-refractivity contribution in [3.63, 3.8) is 0 Å². The number of aryl methyl sites for hydroxylation is 1. The first-order valence-corrected chi connectivity index (χ1v) is 12.0. The van der Waals surface area contributed by atoms with E-state index in [0.29, 0.717) is 37.9 Å². The van der Waals surface area contributed by atoms with E-state index in [4.69, 9.17) is 4.74 Å². The number of carbonyl (C=O) groups is 1. The zero-order valence-corrected chi connectivity index (χ0v) is 19.2. The number of hydrogen-bond donors (Lipinski definition) is 0. The van der Waals surface area contributed by atoms with E-state index >= 15 is 0 Å². The molecule has 1 atom stereocenters. The summed E-state index contributed by atoms with van der Waals surface area (Å²) in [5.74, 6) is 0.865. The van der Waals surface area contributed by atoms with Crippen molar-refractivity contribution in [1.82, 2.24) is 19.9 Å². The second-order valence-electron chi connectivity index (χ2n) is 9.15. The molecule has 4 heterocycles. The molecule has 0 spiro atoms. The quantitative estimate of drug-likeness (QED) is 0.610. The summed E-state index contributed by atoms with van der Waals surface area (Å²) >= 11 is 0. The molecule has 0 radical (unpaired) electrons. The van der Waals surface area contributed by atoms with Crippen molar-refractivity contribution >= 4 is 22.6 Å². The molecule has 3 aromatic rings. The van der Waals surface area contributed by atoms with Gasteiger partial charge in [-0.15, -0.1) is 0 Å². The number of nitrogens with zero attached hydrogens (tertiary/aromatic N) is 5. The van der Waals surface area contributed by atoms with Crippen LogP contribution in [0.5, 0.6) is 0 Å². The van der Waals surface area contributed by atoms with E-state index in [-0.39, 0.29) is 11.8 Å². The topological polar surface area (TPSA) is 71.5 Å². The third-order valence-corrected chi connectivity index (χ3v) is 6.61. The number of ether oxygens (including phenoxy) is 1. The molecule has 33 heavy (non-hydrogen) atoms. The minimum atomic E-state index is -0.0335. The highest BCUT2D eigenvalue weighted by molar-refractivity contribution is 5.92. The van der Waals surface area contributed by atoms with Gasteiger partial charge in [0.1, 0.15) is 5.69 Å². The van der Waals surface area contributed by atoms with Gasteiger partial charge in [0.05, 0.1) is 13.2 Å². The standard InChI is InChI=1S/C26H31N5O2/c1-19-14-24(29-26(28-19)30-10-3-2-4-11-30)25(32)31-12-13-33-18-20(17-31)15-22-7-5-6-21-8-9-27-16-23(21)22/h5-9,14,16,20H,2-4,10-13,15,17-18H2,1H3/t20-/m0/s1. The number of hydrogen-bond acceptors (Lipinski definition) is 6. The van der Waals surface area contributed by atoms with E-state index in [1.54, 1.807) is 0 Å². The molecule has 2 aliphatic rings. The fourth-order valence-electron chi connectivity index (χ4n) is 4.91. The van der Waals surface area contributed by atoms with Crippen LogP contribution >= 0.6 is 0 Å². The average molecular weight is 446 g/mol. The lowest BCUT2D eigenvalue weighted by Gasteiger charge is -2.28. The Morgan fingerprint density at radius 2 is 2.00 bits per heavy atom. The van der Waals surface area contributed by atoms with Crippen LogP contribution in [0.15, 0.2) is 42.7 Å². The first-order valence-electron chi connectivity index (χ1n) is 12.0. The molecule has 7 nitrogen and oxygen atoms in total. The molecule has 5 rings (SSSR count). The molecule has 0 saturated carbocycles. The van der Waals surface area contributed by atoms with Crippen molar-refractivity contribution < 1.29 is 9.53 Å². The number of benzene rings is 1. The SMILES string of the molecule is Cc1cc(C(=O)N2CCOC[C@@H](Cc3cccc4ccncc34)C2)nc(N2CCCCC2)n1. The van der Waals surface area contributed by atoms with Gasteiger partial charge in [0.15, 0.2) is 0 Å². The third-order valence-electron chi connectivity index (χ3n) is 6.61. The van der Waals surface area contributed by atoms with Crippen molar-refractivity contribution in [1.29, 1.82) is 0 Å². The second-order valence-corrected chi connectivity index (χ2v) is 9.15. The molecule has 0 unspecified atom stereocenters. The molecular formula is C26H31N5O2. The fraction of sp³-hybridized carbons (Fsp3) is 0.462. The smallest absolute Gasteiger partial charge is 0.272 e. The van der Waals surface area contributed by atoms with Crippen molar-refractivity contribution in [2.75, 3.05) is 44.3 Å². The molecule has 7 heteroatoms. The molecule has 0 aliphatic carbocycles. The minimum absolute atomic E-state index is 0.0335. The summed E-state index contributed by atoms with van der Waals surface area (Å²) in [6.45, 7) is 6.26. The molecular weight excluding hydrogens is 414 g/mol. The van der Waals surface area contributed by atoms with E-state index in [1.165, 1.54) is 22.8 Å². The Labute approximate surface area is 194 Å². The Morgan fingerprint density at radius 1 is 1.12 bits per heavy atom. The number of aromatic nitrogens is 3. The number of anilines is 1. The van der Waals surface area contributed by atoms with Crippen LogP contribution in [0.3, 0.4) is 0 Å². The molecule has 0 bridgehead atoms. The Morgan fingerprint density at radius 3 is 2.88 bits per heavy atom. The highest BCUT2D eigenvalue weighted by Gasteiger charge is 2.26.